The van der Waals surface area contributed by atoms with Crippen LogP contribution in [-0.4, -0.2) is 38.8 Å². The Morgan fingerprint density at radius 2 is 1.84 bits per heavy atom. The molecule has 0 saturated heterocycles. The zero-order valence-electron chi connectivity index (χ0n) is 16.9. The molecule has 0 bridgehead atoms. The van der Waals surface area contributed by atoms with Crippen LogP contribution < -0.4 is 10.6 Å². The van der Waals surface area contributed by atoms with Crippen molar-refractivity contribution in [2.24, 2.45) is 0 Å². The zero-order chi connectivity index (χ0) is 22.2. The predicted octanol–water partition coefficient (Wildman–Crippen LogP) is 4.27. The highest BCUT2D eigenvalue weighted by molar-refractivity contribution is 9.10. The normalized spacial score (nSPS) is 11.2. The number of carbonyl (C=O) groups excluding carboxylic acids is 1. The number of aromatic nitrogens is 7. The first-order chi connectivity index (χ1) is 15.4. The van der Waals surface area contributed by atoms with Gasteiger partial charge in [-0.25, -0.2) is 9.97 Å². The summed E-state index contributed by atoms with van der Waals surface area (Å²) in [5, 5.41) is 12.1. The van der Waals surface area contributed by atoms with E-state index in [1.54, 1.807) is 17.1 Å². The number of fused-ring (bicyclic) bond motifs is 1. The molecule has 10 nitrogen and oxygen atoms in total. The number of amides is 1. The number of carbonyl (C=O) groups is 1. The molecule has 162 valence electrons. The second-order valence-corrected chi connectivity index (χ2v) is 9.44. The van der Waals surface area contributed by atoms with Crippen LogP contribution in [0.25, 0.3) is 16.9 Å². The van der Waals surface area contributed by atoms with E-state index in [2.05, 4.69) is 50.4 Å². The second kappa shape index (κ2) is 8.41. The van der Waals surface area contributed by atoms with Gasteiger partial charge in [-0.05, 0) is 65.0 Å². The van der Waals surface area contributed by atoms with Crippen molar-refractivity contribution in [3.05, 3.63) is 52.9 Å². The Balaban J connectivity index is 1.39. The molecule has 0 aliphatic carbocycles. The number of hydrogen-bond acceptors (Lipinski definition) is 9. The van der Waals surface area contributed by atoms with Crippen LogP contribution in [0.2, 0.25) is 0 Å². The summed E-state index contributed by atoms with van der Waals surface area (Å²) in [6.07, 6.45) is 7.13. The lowest BCUT2D eigenvalue weighted by atomic mass is 10.3. The Morgan fingerprint density at radius 1 is 1.09 bits per heavy atom. The first-order valence-corrected chi connectivity index (χ1v) is 11.8. The number of anilines is 3. The van der Waals surface area contributed by atoms with Gasteiger partial charge in [0.25, 0.3) is 0 Å². The summed E-state index contributed by atoms with van der Waals surface area (Å²) in [5.41, 5.74) is 4.14. The largest absolute Gasteiger partial charge is 0.328 e. The van der Waals surface area contributed by atoms with Crippen molar-refractivity contribution in [3.8, 4) is 11.3 Å². The Bertz CT molecular complexity index is 1430. The van der Waals surface area contributed by atoms with Crippen LogP contribution in [0, 0.1) is 13.8 Å². The van der Waals surface area contributed by atoms with E-state index >= 15 is 0 Å². The van der Waals surface area contributed by atoms with Crippen molar-refractivity contribution in [1.29, 1.82) is 0 Å². The molecular weight excluding hydrogens is 514 g/mol. The number of nitrogens with zero attached hydrogens (tertiary/aromatic N) is 7. The summed E-state index contributed by atoms with van der Waals surface area (Å²) in [5.74, 6) is 0.445. The third kappa shape index (κ3) is 4.26. The smallest absolute Gasteiger partial charge is 0.246 e. The highest BCUT2D eigenvalue weighted by Crippen LogP contribution is 2.28. The number of hydrogen-bond donors (Lipinski definition) is 2. The summed E-state index contributed by atoms with van der Waals surface area (Å²) < 4.78 is 12.6. The maximum Gasteiger partial charge on any atom is 0.246 e. The molecule has 0 atom stereocenters. The maximum atomic E-state index is 12.3. The molecule has 0 spiro atoms. The Kier molecular flexibility index (Phi) is 5.45. The summed E-state index contributed by atoms with van der Waals surface area (Å²) >= 11 is 6.09. The van der Waals surface area contributed by atoms with Crippen molar-refractivity contribution >= 4 is 66.4 Å². The zero-order valence-corrected chi connectivity index (χ0v) is 20.1. The first-order valence-electron chi connectivity index (χ1n) is 9.44. The molecule has 2 N–H and O–H groups in total. The number of halogens is 1. The number of imidazole rings is 1. The first kappa shape index (κ1) is 20.7. The SMILES string of the molecule is Cc1cc(NC(=O)Cn2cc(-c3cnc4c(Nc5cc(C)ns5)nc(Br)cn34)cn2)sn1. The van der Waals surface area contributed by atoms with Gasteiger partial charge in [-0.15, -0.1) is 0 Å². The lowest BCUT2D eigenvalue weighted by molar-refractivity contribution is -0.116. The van der Waals surface area contributed by atoms with Gasteiger partial charge in [-0.3, -0.25) is 13.9 Å². The summed E-state index contributed by atoms with van der Waals surface area (Å²) in [4.78, 5) is 21.4. The molecule has 5 aromatic rings. The molecule has 5 heterocycles. The molecule has 0 radical (unpaired) electrons. The number of nitrogens with one attached hydrogen (secondary N) is 2. The van der Waals surface area contributed by atoms with Crippen LogP contribution in [0.5, 0.6) is 0 Å². The van der Waals surface area contributed by atoms with Crippen LogP contribution in [0.15, 0.2) is 41.5 Å². The third-order valence-corrected chi connectivity index (χ3v) is 6.43. The second-order valence-electron chi connectivity index (χ2n) is 7.01. The Hall–Kier alpha value is -3.16. The van der Waals surface area contributed by atoms with Gasteiger partial charge in [-0.2, -0.15) is 13.8 Å². The molecule has 32 heavy (non-hydrogen) atoms. The van der Waals surface area contributed by atoms with Crippen LogP contribution in [0.4, 0.5) is 15.8 Å². The van der Waals surface area contributed by atoms with Gasteiger partial charge >= 0.3 is 0 Å². The lowest BCUT2D eigenvalue weighted by Crippen LogP contribution is -2.18. The molecule has 5 rings (SSSR count). The molecule has 5 aromatic heterocycles. The molecule has 0 saturated carbocycles. The highest BCUT2D eigenvalue weighted by atomic mass is 79.9. The van der Waals surface area contributed by atoms with Crippen molar-refractivity contribution in [1.82, 2.24) is 32.9 Å². The predicted molar refractivity (Wildman–Crippen MR) is 128 cm³/mol. The molecule has 0 unspecified atom stereocenters. The number of rotatable bonds is 6. The van der Waals surface area contributed by atoms with Crippen molar-refractivity contribution in [2.45, 2.75) is 20.4 Å². The summed E-state index contributed by atoms with van der Waals surface area (Å²) in [6.45, 7) is 3.92. The fraction of sp³-hybridized carbons (Fsp3) is 0.158. The van der Waals surface area contributed by atoms with Crippen LogP contribution >= 0.6 is 39.0 Å². The molecule has 1 amide bonds. The molecule has 0 aliphatic heterocycles. The maximum absolute atomic E-state index is 12.3. The fourth-order valence-corrected chi connectivity index (χ4v) is 4.84. The van der Waals surface area contributed by atoms with Gasteiger partial charge in [0.15, 0.2) is 11.5 Å². The molecule has 0 aromatic carbocycles. The van der Waals surface area contributed by atoms with Gasteiger partial charge in [0.1, 0.15) is 21.2 Å². The quantitative estimate of drug-likeness (QED) is 0.337. The van der Waals surface area contributed by atoms with E-state index in [9.17, 15) is 4.79 Å². The topological polar surface area (TPSA) is 115 Å². The lowest BCUT2D eigenvalue weighted by Gasteiger charge is -2.06. The average Bonchev–Trinajstić information content (AvgIpc) is 3.51. The van der Waals surface area contributed by atoms with Gasteiger partial charge in [0.2, 0.25) is 5.91 Å². The van der Waals surface area contributed by atoms with E-state index in [0.717, 1.165) is 32.6 Å². The van der Waals surface area contributed by atoms with Crippen molar-refractivity contribution in [2.75, 3.05) is 10.6 Å². The third-order valence-electron chi connectivity index (χ3n) is 4.46. The van der Waals surface area contributed by atoms with Crippen molar-refractivity contribution < 1.29 is 4.79 Å². The highest BCUT2D eigenvalue weighted by Gasteiger charge is 2.15. The van der Waals surface area contributed by atoms with E-state index < -0.39 is 0 Å². The van der Waals surface area contributed by atoms with Gasteiger partial charge in [-0.1, -0.05) is 0 Å². The van der Waals surface area contributed by atoms with Gasteiger partial charge in [0.05, 0.1) is 29.5 Å². The molecule has 0 fully saturated rings. The summed E-state index contributed by atoms with van der Waals surface area (Å²) in [7, 11) is 0. The van der Waals surface area contributed by atoms with Gasteiger partial charge in [0, 0.05) is 18.0 Å². The number of aryl methyl sites for hydroxylation is 2. The molecule has 0 aliphatic rings. The van der Waals surface area contributed by atoms with Gasteiger partial charge < -0.3 is 10.6 Å². The minimum absolute atomic E-state index is 0.0937. The Morgan fingerprint density at radius 3 is 2.56 bits per heavy atom. The Labute approximate surface area is 198 Å². The van der Waals surface area contributed by atoms with E-state index in [-0.39, 0.29) is 12.5 Å². The van der Waals surface area contributed by atoms with E-state index in [1.165, 1.54) is 23.1 Å². The summed E-state index contributed by atoms with van der Waals surface area (Å²) in [6, 6.07) is 3.79. The van der Waals surface area contributed by atoms with E-state index in [1.807, 2.05) is 42.8 Å². The molecule has 13 heteroatoms. The van der Waals surface area contributed by atoms with E-state index in [4.69, 9.17) is 0 Å². The minimum atomic E-state index is -0.167. The fourth-order valence-electron chi connectivity index (χ4n) is 3.12. The average molecular weight is 530 g/mol. The monoisotopic (exact) mass is 529 g/mol. The standard InChI is InChI=1S/C19H16BrN9OS2/c1-10-3-16(31-26-10)24-15(30)9-28-7-12(5-22-28)13-6-21-19-18(23-14(20)8-29(13)19)25-17-4-11(2)27-32-17/h3-8H,9H2,1-2H3,(H,23,25)(H,24,30). The molecular formula is C19H16BrN9OS2. The minimum Gasteiger partial charge on any atom is -0.328 e. The van der Waals surface area contributed by atoms with Crippen molar-refractivity contribution in [3.63, 3.8) is 0 Å². The van der Waals surface area contributed by atoms with E-state index in [0.29, 0.717) is 16.1 Å². The van der Waals surface area contributed by atoms with Crippen LogP contribution in [0.3, 0.4) is 0 Å². The van der Waals surface area contributed by atoms with Crippen LogP contribution in [0.1, 0.15) is 11.4 Å². The van der Waals surface area contributed by atoms with Crippen LogP contribution in [-0.2, 0) is 11.3 Å².